The first-order valence-corrected chi connectivity index (χ1v) is 5.94. The van der Waals surface area contributed by atoms with E-state index in [9.17, 15) is 4.79 Å². The molecule has 0 saturated heterocycles. The molecule has 0 aliphatic carbocycles. The third kappa shape index (κ3) is 3.35. The molecule has 0 heterocycles. The van der Waals surface area contributed by atoms with Gasteiger partial charge in [-0.05, 0) is 24.6 Å². The predicted molar refractivity (Wildman–Crippen MR) is 78.4 cm³/mol. The Kier molecular flexibility index (Phi) is 5.01. The van der Waals surface area contributed by atoms with Crippen LogP contribution in [0.5, 0.6) is 0 Å². The summed E-state index contributed by atoms with van der Waals surface area (Å²) in [5.41, 5.74) is 1.27. The molecule has 1 aromatic carbocycles. The molecule has 0 aliphatic rings. The Labute approximate surface area is 123 Å². The number of benzene rings is 1. The predicted octanol–water partition coefficient (Wildman–Crippen LogP) is 2.55. The van der Waals surface area contributed by atoms with Gasteiger partial charge in [-0.15, -0.1) is 0 Å². The average Bonchev–Trinajstić information content (AvgIpc) is 2.51. The van der Waals surface area contributed by atoms with Crippen LogP contribution in [0, 0.1) is 34.0 Å². The number of likely N-dealkylation sites (N-methyl/N-ethyl adjacent to an activating group) is 1. The molecule has 0 aliphatic heterocycles. The van der Waals surface area contributed by atoms with Gasteiger partial charge in [-0.25, -0.2) is 0 Å². The summed E-state index contributed by atoms with van der Waals surface area (Å²) in [6.07, 6.45) is 0. The first kappa shape index (κ1) is 15.7. The standard InChI is InChI=1S/C16H12N4O/c1-11(2)16(21)20(3)14-6-4-12(5-7-14)15(10-19)13(8-17)9-18/h4-7H,1H2,2-3H3. The van der Waals surface area contributed by atoms with Gasteiger partial charge in [-0.1, -0.05) is 18.7 Å². The van der Waals surface area contributed by atoms with Crippen LogP contribution < -0.4 is 4.90 Å². The molecule has 0 spiro atoms. The van der Waals surface area contributed by atoms with Crippen LogP contribution >= 0.6 is 0 Å². The van der Waals surface area contributed by atoms with Crippen molar-refractivity contribution in [3.05, 3.63) is 47.6 Å². The number of rotatable bonds is 3. The van der Waals surface area contributed by atoms with Gasteiger partial charge in [-0.3, -0.25) is 4.79 Å². The highest BCUT2D eigenvalue weighted by atomic mass is 16.2. The highest BCUT2D eigenvalue weighted by Gasteiger charge is 2.13. The van der Waals surface area contributed by atoms with Crippen molar-refractivity contribution in [2.45, 2.75) is 6.92 Å². The van der Waals surface area contributed by atoms with Gasteiger partial charge in [0.15, 0.2) is 0 Å². The molecule has 0 aromatic heterocycles. The fourth-order valence-electron chi connectivity index (χ4n) is 1.66. The zero-order chi connectivity index (χ0) is 16.0. The lowest BCUT2D eigenvalue weighted by molar-refractivity contribution is -0.114. The lowest BCUT2D eigenvalue weighted by Crippen LogP contribution is -2.26. The second-order valence-electron chi connectivity index (χ2n) is 4.28. The third-order valence-electron chi connectivity index (χ3n) is 2.80. The third-order valence-corrected chi connectivity index (χ3v) is 2.80. The van der Waals surface area contributed by atoms with E-state index in [1.54, 1.807) is 50.4 Å². The molecule has 102 valence electrons. The van der Waals surface area contributed by atoms with E-state index in [0.717, 1.165) is 0 Å². The molecule has 0 unspecified atom stereocenters. The molecule has 0 saturated carbocycles. The van der Waals surface area contributed by atoms with Crippen LogP contribution in [-0.2, 0) is 4.79 Å². The monoisotopic (exact) mass is 276 g/mol. The van der Waals surface area contributed by atoms with Crippen molar-refractivity contribution in [2.24, 2.45) is 0 Å². The summed E-state index contributed by atoms with van der Waals surface area (Å²) in [5, 5.41) is 26.7. The molecule has 0 atom stereocenters. The Balaban J connectivity index is 3.21. The molecule has 0 radical (unpaired) electrons. The highest BCUT2D eigenvalue weighted by Crippen LogP contribution is 2.22. The minimum absolute atomic E-state index is 0.0143. The number of carbonyl (C=O) groups excluding carboxylic acids is 1. The van der Waals surface area contributed by atoms with Crippen LogP contribution in [0.2, 0.25) is 0 Å². The second-order valence-corrected chi connectivity index (χ2v) is 4.28. The molecular weight excluding hydrogens is 264 g/mol. The lowest BCUT2D eigenvalue weighted by Gasteiger charge is -2.17. The fourth-order valence-corrected chi connectivity index (χ4v) is 1.66. The van der Waals surface area contributed by atoms with Gasteiger partial charge in [0.1, 0.15) is 23.8 Å². The number of amides is 1. The van der Waals surface area contributed by atoms with Crippen LogP contribution in [0.1, 0.15) is 12.5 Å². The minimum atomic E-state index is -0.239. The highest BCUT2D eigenvalue weighted by molar-refractivity contribution is 6.04. The summed E-state index contributed by atoms with van der Waals surface area (Å²) >= 11 is 0. The van der Waals surface area contributed by atoms with Crippen LogP contribution in [0.15, 0.2) is 42.0 Å². The van der Waals surface area contributed by atoms with E-state index in [2.05, 4.69) is 6.58 Å². The summed E-state index contributed by atoms with van der Waals surface area (Å²) in [6, 6.07) is 11.7. The van der Waals surface area contributed by atoms with E-state index >= 15 is 0 Å². The average molecular weight is 276 g/mol. The number of anilines is 1. The van der Waals surface area contributed by atoms with E-state index in [1.807, 2.05) is 6.07 Å². The van der Waals surface area contributed by atoms with E-state index in [4.69, 9.17) is 15.8 Å². The zero-order valence-corrected chi connectivity index (χ0v) is 11.7. The van der Waals surface area contributed by atoms with Gasteiger partial charge in [0.2, 0.25) is 0 Å². The Bertz CT molecular complexity index is 720. The van der Waals surface area contributed by atoms with Crippen LogP contribution in [0.25, 0.3) is 5.57 Å². The summed E-state index contributed by atoms with van der Waals surface area (Å²) in [4.78, 5) is 13.2. The quantitative estimate of drug-likeness (QED) is 0.626. The molecule has 0 fully saturated rings. The fraction of sp³-hybridized carbons (Fsp3) is 0.125. The summed E-state index contributed by atoms with van der Waals surface area (Å²) in [6.45, 7) is 5.21. The van der Waals surface area contributed by atoms with E-state index < -0.39 is 0 Å². The first-order chi connectivity index (χ1) is 9.96. The van der Waals surface area contributed by atoms with E-state index in [-0.39, 0.29) is 17.1 Å². The van der Waals surface area contributed by atoms with Crippen molar-refractivity contribution in [3.8, 4) is 18.2 Å². The largest absolute Gasteiger partial charge is 0.312 e. The molecule has 1 aromatic rings. The smallest absolute Gasteiger partial charge is 0.253 e. The molecule has 5 nitrogen and oxygen atoms in total. The Morgan fingerprint density at radius 3 is 2.00 bits per heavy atom. The maximum absolute atomic E-state index is 11.8. The summed E-state index contributed by atoms with van der Waals surface area (Å²) in [7, 11) is 1.61. The molecule has 0 N–H and O–H groups in total. The molecule has 5 heteroatoms. The summed E-state index contributed by atoms with van der Waals surface area (Å²) < 4.78 is 0. The van der Waals surface area contributed by atoms with Crippen molar-refractivity contribution in [1.29, 1.82) is 15.8 Å². The molecule has 0 bridgehead atoms. The maximum atomic E-state index is 11.8. The van der Waals surface area contributed by atoms with E-state index in [0.29, 0.717) is 16.8 Å². The first-order valence-electron chi connectivity index (χ1n) is 5.94. The Morgan fingerprint density at radius 1 is 1.10 bits per heavy atom. The zero-order valence-electron chi connectivity index (χ0n) is 11.7. The normalized spacial score (nSPS) is 8.71. The van der Waals surface area contributed by atoms with Crippen LogP contribution in [-0.4, -0.2) is 13.0 Å². The topological polar surface area (TPSA) is 91.7 Å². The van der Waals surface area contributed by atoms with Gasteiger partial charge >= 0.3 is 0 Å². The SMILES string of the molecule is C=C(C)C(=O)N(C)c1ccc(C(C#N)=C(C#N)C#N)cc1. The number of hydrogen-bond donors (Lipinski definition) is 0. The van der Waals surface area contributed by atoms with Crippen LogP contribution in [0.3, 0.4) is 0 Å². The Hall–Kier alpha value is -3.36. The van der Waals surface area contributed by atoms with Crippen molar-refractivity contribution >= 4 is 17.2 Å². The number of nitrogens with zero attached hydrogens (tertiary/aromatic N) is 4. The van der Waals surface area contributed by atoms with Crippen molar-refractivity contribution < 1.29 is 4.79 Å². The van der Waals surface area contributed by atoms with E-state index in [1.165, 1.54) is 4.90 Å². The van der Waals surface area contributed by atoms with Gasteiger partial charge in [0.25, 0.3) is 5.91 Å². The molecular formula is C16H12N4O. The van der Waals surface area contributed by atoms with Crippen molar-refractivity contribution in [2.75, 3.05) is 11.9 Å². The minimum Gasteiger partial charge on any atom is -0.312 e. The summed E-state index contributed by atoms with van der Waals surface area (Å²) in [5.74, 6) is -0.214. The number of carbonyl (C=O) groups is 1. The Morgan fingerprint density at radius 2 is 1.62 bits per heavy atom. The lowest BCUT2D eigenvalue weighted by atomic mass is 10.0. The van der Waals surface area contributed by atoms with Gasteiger partial charge in [0.05, 0.1) is 5.57 Å². The number of hydrogen-bond acceptors (Lipinski definition) is 4. The van der Waals surface area contributed by atoms with Crippen molar-refractivity contribution in [1.82, 2.24) is 0 Å². The second kappa shape index (κ2) is 6.70. The van der Waals surface area contributed by atoms with Crippen molar-refractivity contribution in [3.63, 3.8) is 0 Å². The van der Waals surface area contributed by atoms with Gasteiger partial charge in [-0.2, -0.15) is 15.8 Å². The maximum Gasteiger partial charge on any atom is 0.253 e. The molecule has 1 amide bonds. The number of nitriles is 3. The number of allylic oxidation sites excluding steroid dienone is 2. The molecule has 1 rings (SSSR count). The van der Waals surface area contributed by atoms with Gasteiger partial charge in [0, 0.05) is 18.3 Å². The van der Waals surface area contributed by atoms with Gasteiger partial charge < -0.3 is 4.90 Å². The molecule has 21 heavy (non-hydrogen) atoms. The van der Waals surface area contributed by atoms with Crippen LogP contribution in [0.4, 0.5) is 5.69 Å².